The van der Waals surface area contributed by atoms with Gasteiger partial charge in [-0.1, -0.05) is 48.0 Å². The number of aromatic nitrogens is 1. The number of fused-ring (bicyclic) bond motifs is 2. The van der Waals surface area contributed by atoms with E-state index in [-0.39, 0.29) is 16.8 Å². The first-order chi connectivity index (χ1) is 15.9. The number of rotatable bonds is 3. The monoisotopic (exact) mass is 461 g/mol. The van der Waals surface area contributed by atoms with Crippen LogP contribution in [0, 0.1) is 5.82 Å². The van der Waals surface area contributed by atoms with E-state index in [0.29, 0.717) is 16.8 Å². The number of hydrogen-bond donors (Lipinski definition) is 1. The third-order valence-electron chi connectivity index (χ3n) is 6.30. The van der Waals surface area contributed by atoms with Gasteiger partial charge in [0.15, 0.2) is 0 Å². The van der Waals surface area contributed by atoms with Crippen molar-refractivity contribution in [2.24, 2.45) is 7.05 Å². The van der Waals surface area contributed by atoms with Crippen LogP contribution < -0.4 is 5.32 Å². The van der Waals surface area contributed by atoms with E-state index in [4.69, 9.17) is 11.6 Å². The minimum absolute atomic E-state index is 0.0743. The van der Waals surface area contributed by atoms with Gasteiger partial charge in [-0.3, -0.25) is 9.59 Å². The second-order valence-corrected chi connectivity index (χ2v) is 8.66. The second-order valence-electron chi connectivity index (χ2n) is 8.26. The molecule has 0 unspecified atom stereocenters. The third kappa shape index (κ3) is 3.47. The molecule has 33 heavy (non-hydrogen) atoms. The van der Waals surface area contributed by atoms with Crippen LogP contribution in [0.15, 0.2) is 72.9 Å². The minimum Gasteiger partial charge on any atom is -0.350 e. The molecular formula is C26H21ClFN3O2. The topological polar surface area (TPSA) is 54.3 Å². The molecule has 0 saturated heterocycles. The zero-order chi connectivity index (χ0) is 23.3. The molecule has 0 saturated carbocycles. The van der Waals surface area contributed by atoms with Crippen molar-refractivity contribution < 1.29 is 14.0 Å². The molecule has 2 amide bonds. The van der Waals surface area contributed by atoms with Gasteiger partial charge in [0, 0.05) is 48.0 Å². The van der Waals surface area contributed by atoms with Crippen LogP contribution in [0.2, 0.25) is 5.02 Å². The second kappa shape index (κ2) is 8.05. The lowest BCUT2D eigenvalue weighted by atomic mass is 9.79. The number of hydrogen-bond acceptors (Lipinski definition) is 2. The molecule has 1 aliphatic rings. The first-order valence-corrected chi connectivity index (χ1v) is 10.9. The highest BCUT2D eigenvalue weighted by atomic mass is 35.5. The van der Waals surface area contributed by atoms with Crippen molar-refractivity contribution in [1.82, 2.24) is 9.47 Å². The molecule has 166 valence electrons. The molecule has 2 heterocycles. The summed E-state index contributed by atoms with van der Waals surface area (Å²) in [7, 11) is 3.67. The van der Waals surface area contributed by atoms with E-state index in [2.05, 4.69) is 5.32 Å². The lowest BCUT2D eigenvalue weighted by Crippen LogP contribution is -2.44. The van der Waals surface area contributed by atoms with Crippen molar-refractivity contribution in [3.05, 3.63) is 100 Å². The molecule has 0 radical (unpaired) electrons. The summed E-state index contributed by atoms with van der Waals surface area (Å²) in [6, 6.07) is 18.6. The third-order valence-corrected chi connectivity index (χ3v) is 6.59. The van der Waals surface area contributed by atoms with Crippen molar-refractivity contribution in [3.63, 3.8) is 0 Å². The molecule has 1 aromatic heterocycles. The van der Waals surface area contributed by atoms with Crippen LogP contribution in [0.3, 0.4) is 0 Å². The molecule has 0 aliphatic carbocycles. The van der Waals surface area contributed by atoms with Gasteiger partial charge in [-0.25, -0.2) is 4.39 Å². The Kier molecular flexibility index (Phi) is 5.17. The molecule has 0 spiro atoms. The molecule has 0 fully saturated rings. The zero-order valence-electron chi connectivity index (χ0n) is 18.0. The van der Waals surface area contributed by atoms with Crippen molar-refractivity contribution in [1.29, 1.82) is 0 Å². The number of anilines is 1. The van der Waals surface area contributed by atoms with Gasteiger partial charge in [-0.2, -0.15) is 0 Å². The molecule has 1 N–H and O–H groups in total. The SMILES string of the molecule is CN1C(=O)c2ccccc2[C@H](C(=O)Nc2ccc(F)c(Cl)c2)[C@@H]1c1cn(C)c2ccccc12. The van der Waals surface area contributed by atoms with Crippen molar-refractivity contribution in [2.45, 2.75) is 12.0 Å². The van der Waals surface area contributed by atoms with Crippen molar-refractivity contribution in [3.8, 4) is 0 Å². The number of carbonyl (C=O) groups is 2. The summed E-state index contributed by atoms with van der Waals surface area (Å²) in [5.74, 6) is -1.69. The van der Waals surface area contributed by atoms with Gasteiger partial charge in [0.2, 0.25) is 5.91 Å². The van der Waals surface area contributed by atoms with Gasteiger partial charge in [0.25, 0.3) is 5.91 Å². The number of nitrogens with zero attached hydrogens (tertiary/aromatic N) is 2. The summed E-state index contributed by atoms with van der Waals surface area (Å²) in [5.41, 5.74) is 3.44. The molecule has 2 atom stereocenters. The van der Waals surface area contributed by atoms with Crippen LogP contribution in [0.5, 0.6) is 0 Å². The Labute approximate surface area is 195 Å². The van der Waals surface area contributed by atoms with E-state index in [1.807, 2.05) is 54.2 Å². The van der Waals surface area contributed by atoms with E-state index in [1.165, 1.54) is 18.2 Å². The minimum atomic E-state index is -0.682. The van der Waals surface area contributed by atoms with Crippen molar-refractivity contribution in [2.75, 3.05) is 12.4 Å². The standard InChI is InChI=1S/C26H21ClFN3O2/c1-30-14-19(16-7-5-6-10-22(16)30)24-23(17-8-3-4-9-18(17)26(33)31(24)2)25(32)29-15-11-12-21(28)20(27)13-15/h3-14,23-24H,1-2H3,(H,29,32)/t23-,24-/m0/s1. The molecule has 7 heteroatoms. The molecule has 3 aromatic carbocycles. The summed E-state index contributed by atoms with van der Waals surface area (Å²) in [4.78, 5) is 28.6. The number of amides is 2. The lowest BCUT2D eigenvalue weighted by Gasteiger charge is -2.39. The Morgan fingerprint density at radius 1 is 1.00 bits per heavy atom. The molecule has 4 aromatic rings. The summed E-state index contributed by atoms with van der Waals surface area (Å²) < 4.78 is 15.6. The Morgan fingerprint density at radius 2 is 1.73 bits per heavy atom. The van der Waals surface area contributed by atoms with E-state index in [1.54, 1.807) is 24.1 Å². The van der Waals surface area contributed by atoms with Gasteiger partial charge in [-0.15, -0.1) is 0 Å². The summed E-state index contributed by atoms with van der Waals surface area (Å²) in [6.45, 7) is 0. The fourth-order valence-corrected chi connectivity index (χ4v) is 4.93. The highest BCUT2D eigenvalue weighted by molar-refractivity contribution is 6.31. The van der Waals surface area contributed by atoms with Gasteiger partial charge in [-0.05, 0) is 35.9 Å². The van der Waals surface area contributed by atoms with Crippen LogP contribution in [0.25, 0.3) is 10.9 Å². The molecule has 5 rings (SSSR count). The Hall–Kier alpha value is -3.64. The quantitative estimate of drug-likeness (QED) is 0.436. The summed E-state index contributed by atoms with van der Waals surface area (Å²) in [6.07, 6.45) is 1.97. The number of halogens is 2. The summed E-state index contributed by atoms with van der Waals surface area (Å²) >= 11 is 5.92. The first kappa shape index (κ1) is 21.2. The molecule has 0 bridgehead atoms. The van der Waals surface area contributed by atoms with Gasteiger partial charge in [0.1, 0.15) is 5.82 Å². The van der Waals surface area contributed by atoms with E-state index >= 15 is 0 Å². The van der Waals surface area contributed by atoms with Gasteiger partial charge < -0.3 is 14.8 Å². The van der Waals surface area contributed by atoms with E-state index < -0.39 is 17.8 Å². The average molecular weight is 462 g/mol. The predicted octanol–water partition coefficient (Wildman–Crippen LogP) is 5.52. The van der Waals surface area contributed by atoms with Crippen molar-refractivity contribution >= 4 is 40.0 Å². The van der Waals surface area contributed by atoms with Crippen LogP contribution >= 0.6 is 11.6 Å². The fraction of sp³-hybridized carbons (Fsp3) is 0.154. The maximum Gasteiger partial charge on any atom is 0.254 e. The normalized spacial score (nSPS) is 17.8. The molecule has 5 nitrogen and oxygen atoms in total. The molecular weight excluding hydrogens is 441 g/mol. The van der Waals surface area contributed by atoms with Crippen LogP contribution in [0.4, 0.5) is 10.1 Å². The number of nitrogens with one attached hydrogen (secondary N) is 1. The van der Waals surface area contributed by atoms with Crippen LogP contribution in [0.1, 0.15) is 33.4 Å². The van der Waals surface area contributed by atoms with Crippen LogP contribution in [-0.4, -0.2) is 28.3 Å². The number of likely N-dealkylation sites (N-methyl/N-ethyl adjacent to an activating group) is 1. The Morgan fingerprint density at radius 3 is 2.52 bits per heavy atom. The zero-order valence-corrected chi connectivity index (χ0v) is 18.8. The fourth-order valence-electron chi connectivity index (χ4n) is 4.75. The highest BCUT2D eigenvalue weighted by Gasteiger charge is 2.43. The maximum atomic E-state index is 13.7. The Balaban J connectivity index is 1.66. The van der Waals surface area contributed by atoms with Gasteiger partial charge in [0.05, 0.1) is 17.0 Å². The predicted molar refractivity (Wildman–Crippen MR) is 127 cm³/mol. The highest BCUT2D eigenvalue weighted by Crippen LogP contribution is 2.44. The number of para-hydroxylation sites is 1. The van der Waals surface area contributed by atoms with Gasteiger partial charge >= 0.3 is 0 Å². The number of benzene rings is 3. The molecule has 1 aliphatic heterocycles. The average Bonchev–Trinajstić information content (AvgIpc) is 3.14. The largest absolute Gasteiger partial charge is 0.350 e. The summed E-state index contributed by atoms with van der Waals surface area (Å²) in [5, 5.41) is 3.78. The van der Waals surface area contributed by atoms with E-state index in [0.717, 1.165) is 16.5 Å². The Bertz CT molecular complexity index is 1410. The lowest BCUT2D eigenvalue weighted by molar-refractivity contribution is -0.119. The smallest absolute Gasteiger partial charge is 0.254 e. The van der Waals surface area contributed by atoms with E-state index in [9.17, 15) is 14.0 Å². The van der Waals surface area contributed by atoms with Crippen LogP contribution in [-0.2, 0) is 11.8 Å². The first-order valence-electron chi connectivity index (χ1n) is 10.5. The number of aryl methyl sites for hydroxylation is 1. The number of carbonyl (C=O) groups excluding carboxylic acids is 2. The maximum absolute atomic E-state index is 13.7.